The molecule has 0 fully saturated rings. The molecule has 0 aliphatic carbocycles. The van der Waals surface area contributed by atoms with Gasteiger partial charge in [-0.25, -0.2) is 4.98 Å². The van der Waals surface area contributed by atoms with Gasteiger partial charge >= 0.3 is 5.97 Å². The van der Waals surface area contributed by atoms with E-state index >= 15 is 0 Å². The van der Waals surface area contributed by atoms with E-state index < -0.39 is 5.92 Å². The summed E-state index contributed by atoms with van der Waals surface area (Å²) in [5.74, 6) is -0.893. The Morgan fingerprint density at radius 1 is 0.929 bits per heavy atom. The van der Waals surface area contributed by atoms with Gasteiger partial charge in [-0.15, -0.1) is 0 Å². The Hall–Kier alpha value is -3.17. The Kier molecular flexibility index (Phi) is 5.09. The SMILES string of the molecule is COC(=O)C(c1ccccc1)c1cc(-c2ccccc2)nc2c(Cl)cccc12. The fourth-order valence-corrected chi connectivity index (χ4v) is 3.66. The zero-order valence-electron chi connectivity index (χ0n) is 15.3. The maximum atomic E-state index is 12.8. The number of hydrogen-bond acceptors (Lipinski definition) is 3. The van der Waals surface area contributed by atoms with Crippen LogP contribution in [0, 0.1) is 0 Å². The molecular weight excluding hydrogens is 370 g/mol. The van der Waals surface area contributed by atoms with E-state index in [2.05, 4.69) is 0 Å². The number of fused-ring (bicyclic) bond motifs is 1. The predicted octanol–water partition coefficient (Wildman–Crippen LogP) is 5.86. The molecule has 138 valence electrons. The first kappa shape index (κ1) is 18.2. The lowest BCUT2D eigenvalue weighted by Crippen LogP contribution is -2.16. The molecule has 3 aromatic carbocycles. The number of carbonyl (C=O) groups excluding carboxylic acids is 1. The molecule has 0 saturated carbocycles. The van der Waals surface area contributed by atoms with E-state index in [1.54, 1.807) is 0 Å². The lowest BCUT2D eigenvalue weighted by Gasteiger charge is -2.19. The molecule has 0 bridgehead atoms. The van der Waals surface area contributed by atoms with E-state index in [0.29, 0.717) is 10.5 Å². The van der Waals surface area contributed by atoms with Gasteiger partial charge in [-0.2, -0.15) is 0 Å². The summed E-state index contributed by atoms with van der Waals surface area (Å²) in [4.78, 5) is 17.6. The molecule has 4 rings (SSSR count). The number of nitrogens with zero attached hydrogens (tertiary/aromatic N) is 1. The number of aromatic nitrogens is 1. The average Bonchev–Trinajstić information content (AvgIpc) is 2.75. The third-order valence-corrected chi connectivity index (χ3v) is 5.08. The van der Waals surface area contributed by atoms with Crippen LogP contribution in [0.15, 0.2) is 84.9 Å². The molecule has 0 N–H and O–H groups in total. The van der Waals surface area contributed by atoms with Crippen LogP contribution >= 0.6 is 11.6 Å². The van der Waals surface area contributed by atoms with Gasteiger partial charge in [-0.1, -0.05) is 84.4 Å². The number of benzene rings is 3. The van der Waals surface area contributed by atoms with Gasteiger partial charge in [0.05, 0.1) is 23.3 Å². The molecule has 0 aliphatic rings. The highest BCUT2D eigenvalue weighted by molar-refractivity contribution is 6.35. The number of esters is 1. The topological polar surface area (TPSA) is 39.2 Å². The number of para-hydroxylation sites is 1. The first-order valence-electron chi connectivity index (χ1n) is 8.96. The number of carbonyl (C=O) groups is 1. The number of pyridine rings is 1. The summed E-state index contributed by atoms with van der Waals surface area (Å²) in [6.07, 6.45) is 0. The smallest absolute Gasteiger partial charge is 0.317 e. The highest BCUT2D eigenvalue weighted by Gasteiger charge is 2.27. The van der Waals surface area contributed by atoms with Crippen LogP contribution < -0.4 is 0 Å². The highest BCUT2D eigenvalue weighted by Crippen LogP contribution is 2.36. The van der Waals surface area contributed by atoms with Crippen molar-refractivity contribution in [3.63, 3.8) is 0 Å². The molecule has 3 nitrogen and oxygen atoms in total. The molecular formula is C24H18ClNO2. The second-order valence-electron chi connectivity index (χ2n) is 6.47. The highest BCUT2D eigenvalue weighted by atomic mass is 35.5. The normalized spacial score (nSPS) is 11.9. The van der Waals surface area contributed by atoms with E-state index in [4.69, 9.17) is 21.3 Å². The number of methoxy groups -OCH3 is 1. The summed E-state index contributed by atoms with van der Waals surface area (Å²) in [6.45, 7) is 0. The molecule has 28 heavy (non-hydrogen) atoms. The third kappa shape index (κ3) is 3.37. The molecule has 0 spiro atoms. The van der Waals surface area contributed by atoms with E-state index in [-0.39, 0.29) is 5.97 Å². The van der Waals surface area contributed by atoms with Crippen LogP contribution in [-0.2, 0) is 9.53 Å². The summed E-state index contributed by atoms with van der Waals surface area (Å²) in [5, 5.41) is 1.39. The number of rotatable bonds is 4. The van der Waals surface area contributed by atoms with Gasteiger partial charge in [0.15, 0.2) is 0 Å². The van der Waals surface area contributed by atoms with Gasteiger partial charge in [-0.05, 0) is 23.3 Å². The quantitative estimate of drug-likeness (QED) is 0.412. The second kappa shape index (κ2) is 7.83. The van der Waals surface area contributed by atoms with Gasteiger partial charge in [0.2, 0.25) is 0 Å². The van der Waals surface area contributed by atoms with E-state index in [9.17, 15) is 4.79 Å². The number of halogens is 1. The Morgan fingerprint density at radius 3 is 2.29 bits per heavy atom. The summed E-state index contributed by atoms with van der Waals surface area (Å²) >= 11 is 6.47. The van der Waals surface area contributed by atoms with E-state index in [1.165, 1.54) is 7.11 Å². The van der Waals surface area contributed by atoms with Gasteiger partial charge in [0.1, 0.15) is 5.92 Å². The minimum absolute atomic E-state index is 0.322. The molecule has 1 unspecified atom stereocenters. The van der Waals surface area contributed by atoms with E-state index in [0.717, 1.165) is 27.8 Å². The standard InChI is InChI=1S/C24H18ClNO2/c1-28-24(27)22(17-11-6-3-7-12-17)19-15-21(16-9-4-2-5-10-16)26-23-18(19)13-8-14-20(23)25/h2-15,22H,1H3. The fraction of sp³-hybridized carbons (Fsp3) is 0.0833. The molecule has 4 heteroatoms. The minimum atomic E-state index is -0.572. The molecule has 1 aromatic heterocycles. The van der Waals surface area contributed by atoms with E-state index in [1.807, 2.05) is 84.9 Å². The van der Waals surface area contributed by atoms with Crippen molar-refractivity contribution in [2.24, 2.45) is 0 Å². The molecule has 0 amide bonds. The van der Waals surface area contributed by atoms with Gasteiger partial charge in [0, 0.05) is 10.9 Å². The number of ether oxygens (including phenoxy) is 1. The van der Waals surface area contributed by atoms with Crippen LogP contribution in [-0.4, -0.2) is 18.1 Å². The summed E-state index contributed by atoms with van der Waals surface area (Å²) in [6, 6.07) is 27.1. The predicted molar refractivity (Wildman–Crippen MR) is 112 cm³/mol. The fourth-order valence-electron chi connectivity index (χ4n) is 3.44. The van der Waals surface area contributed by atoms with Crippen molar-refractivity contribution in [3.8, 4) is 11.3 Å². The van der Waals surface area contributed by atoms with Crippen LogP contribution in [0.5, 0.6) is 0 Å². The van der Waals surface area contributed by atoms with Crippen LogP contribution in [0.25, 0.3) is 22.2 Å². The van der Waals surface area contributed by atoms with Crippen LogP contribution in [0.4, 0.5) is 0 Å². The van der Waals surface area contributed by atoms with Crippen molar-refractivity contribution in [2.75, 3.05) is 7.11 Å². The van der Waals surface area contributed by atoms with Crippen molar-refractivity contribution < 1.29 is 9.53 Å². The van der Waals surface area contributed by atoms with Gasteiger partial charge in [-0.3, -0.25) is 4.79 Å². The van der Waals surface area contributed by atoms with Crippen molar-refractivity contribution in [2.45, 2.75) is 5.92 Å². The first-order chi connectivity index (χ1) is 13.7. The summed E-state index contributed by atoms with van der Waals surface area (Å²) in [5.41, 5.74) is 4.08. The van der Waals surface area contributed by atoms with Gasteiger partial charge in [0.25, 0.3) is 0 Å². The summed E-state index contributed by atoms with van der Waals surface area (Å²) in [7, 11) is 1.41. The monoisotopic (exact) mass is 387 g/mol. The summed E-state index contributed by atoms with van der Waals surface area (Å²) < 4.78 is 5.15. The maximum absolute atomic E-state index is 12.8. The van der Waals surface area contributed by atoms with Gasteiger partial charge < -0.3 is 4.74 Å². The molecule has 1 heterocycles. The van der Waals surface area contributed by atoms with Crippen LogP contribution in [0.3, 0.4) is 0 Å². The first-order valence-corrected chi connectivity index (χ1v) is 9.34. The molecule has 0 saturated heterocycles. The Morgan fingerprint density at radius 2 is 1.61 bits per heavy atom. The maximum Gasteiger partial charge on any atom is 0.317 e. The lowest BCUT2D eigenvalue weighted by atomic mass is 9.88. The van der Waals surface area contributed by atoms with Crippen LogP contribution in [0.2, 0.25) is 5.02 Å². The van der Waals surface area contributed by atoms with Crippen molar-refractivity contribution in [1.29, 1.82) is 0 Å². The van der Waals surface area contributed by atoms with Crippen molar-refractivity contribution in [1.82, 2.24) is 4.98 Å². The molecule has 0 radical (unpaired) electrons. The minimum Gasteiger partial charge on any atom is -0.468 e. The van der Waals surface area contributed by atoms with Crippen molar-refractivity contribution in [3.05, 3.63) is 101 Å². The molecule has 1 atom stereocenters. The Balaban J connectivity index is 2.03. The Labute approximate surface area is 168 Å². The Bertz CT molecular complexity index is 1130. The lowest BCUT2D eigenvalue weighted by molar-refractivity contribution is -0.141. The average molecular weight is 388 g/mol. The van der Waals surface area contributed by atoms with Crippen LogP contribution in [0.1, 0.15) is 17.0 Å². The zero-order chi connectivity index (χ0) is 19.5. The second-order valence-corrected chi connectivity index (χ2v) is 6.87. The molecule has 4 aromatic rings. The third-order valence-electron chi connectivity index (χ3n) is 4.77. The zero-order valence-corrected chi connectivity index (χ0v) is 16.1. The van der Waals surface area contributed by atoms with Crippen molar-refractivity contribution >= 4 is 28.5 Å². The largest absolute Gasteiger partial charge is 0.468 e. The molecule has 0 aliphatic heterocycles. The number of hydrogen-bond donors (Lipinski definition) is 0.